The van der Waals surface area contributed by atoms with Crippen LogP contribution in [-0.2, 0) is 6.54 Å². The van der Waals surface area contributed by atoms with Crippen LogP contribution in [0, 0.1) is 4.77 Å². The Bertz CT molecular complexity index is 1050. The predicted octanol–water partition coefficient (Wildman–Crippen LogP) is 3.86. The van der Waals surface area contributed by atoms with E-state index in [2.05, 4.69) is 28.0 Å². The summed E-state index contributed by atoms with van der Waals surface area (Å²) in [5.41, 5.74) is 3.44. The fourth-order valence-corrected chi connectivity index (χ4v) is 4.19. The maximum atomic E-state index is 12.0. The first-order valence-electron chi connectivity index (χ1n) is 8.33. The van der Waals surface area contributed by atoms with Crippen molar-refractivity contribution < 1.29 is 0 Å². The predicted molar refractivity (Wildman–Crippen MR) is 103 cm³/mol. The van der Waals surface area contributed by atoms with Gasteiger partial charge < -0.3 is 9.55 Å². The molecule has 1 aliphatic heterocycles. The third-order valence-electron chi connectivity index (χ3n) is 4.99. The molecule has 2 N–H and O–H groups in total. The van der Waals surface area contributed by atoms with Crippen molar-refractivity contribution in [1.29, 1.82) is 0 Å². The Morgan fingerprint density at radius 3 is 2.96 bits per heavy atom. The molecule has 0 amide bonds. The molecule has 1 fully saturated rings. The molecule has 4 rings (SSSR count). The topological polar surface area (TPSA) is 56.8 Å². The molecule has 1 unspecified atom stereocenters. The fraction of sp³-hybridized carbons (Fsp3) is 0.333. The van der Waals surface area contributed by atoms with Gasteiger partial charge in [-0.2, -0.15) is 0 Å². The summed E-state index contributed by atoms with van der Waals surface area (Å²) in [6, 6.07) is 8.39. The van der Waals surface area contributed by atoms with Crippen LogP contribution in [0.3, 0.4) is 0 Å². The number of halogens is 1. The number of H-pyrrole nitrogens is 2. The summed E-state index contributed by atoms with van der Waals surface area (Å²) < 4.78 is 2.36. The van der Waals surface area contributed by atoms with E-state index in [-0.39, 0.29) is 5.56 Å². The van der Waals surface area contributed by atoms with Gasteiger partial charge in [-0.05, 0) is 61.9 Å². The van der Waals surface area contributed by atoms with Crippen molar-refractivity contribution in [2.24, 2.45) is 0 Å². The molecular weight excluding hydrogens is 356 g/mol. The van der Waals surface area contributed by atoms with E-state index < -0.39 is 0 Å². The van der Waals surface area contributed by atoms with Crippen molar-refractivity contribution in [3.05, 3.63) is 61.7 Å². The highest BCUT2D eigenvalue weighted by Gasteiger charge is 2.24. The standard InChI is InChI=1S/C18H19ClN4OS/c1-22-8-2-3-14(22)12-9-11(4-5-13(12)19)10-23-15-6-7-20-16(15)17(24)21-18(23)25/h4-7,9,14,20H,2-3,8,10H2,1H3,(H,21,24,25). The van der Waals surface area contributed by atoms with Crippen molar-refractivity contribution in [2.75, 3.05) is 13.6 Å². The molecule has 3 heterocycles. The molecule has 2 aromatic heterocycles. The molecule has 0 aliphatic carbocycles. The Morgan fingerprint density at radius 2 is 2.20 bits per heavy atom. The molecule has 1 saturated heterocycles. The molecule has 130 valence electrons. The van der Waals surface area contributed by atoms with E-state index in [0.29, 0.717) is 22.9 Å². The highest BCUT2D eigenvalue weighted by Crippen LogP contribution is 2.35. The Kier molecular flexibility index (Phi) is 4.27. The van der Waals surface area contributed by atoms with Gasteiger partial charge in [-0.1, -0.05) is 23.7 Å². The normalized spacial score (nSPS) is 18.2. The summed E-state index contributed by atoms with van der Waals surface area (Å²) >= 11 is 11.8. The Morgan fingerprint density at radius 1 is 1.36 bits per heavy atom. The molecule has 7 heteroatoms. The van der Waals surface area contributed by atoms with Gasteiger partial charge in [-0.15, -0.1) is 0 Å². The van der Waals surface area contributed by atoms with E-state index >= 15 is 0 Å². The lowest BCUT2D eigenvalue weighted by Crippen LogP contribution is -2.18. The average Bonchev–Trinajstić information content (AvgIpc) is 3.22. The lowest BCUT2D eigenvalue weighted by Gasteiger charge is -2.22. The monoisotopic (exact) mass is 374 g/mol. The Labute approximate surface area is 155 Å². The minimum Gasteiger partial charge on any atom is -0.355 e. The highest BCUT2D eigenvalue weighted by molar-refractivity contribution is 7.71. The van der Waals surface area contributed by atoms with Gasteiger partial charge >= 0.3 is 0 Å². The van der Waals surface area contributed by atoms with Crippen molar-refractivity contribution in [3.63, 3.8) is 0 Å². The number of likely N-dealkylation sites (tertiary alicyclic amines) is 1. The van der Waals surface area contributed by atoms with Gasteiger partial charge in [-0.25, -0.2) is 0 Å². The summed E-state index contributed by atoms with van der Waals surface area (Å²) in [6.07, 6.45) is 4.07. The minimum atomic E-state index is -0.189. The van der Waals surface area contributed by atoms with Crippen LogP contribution in [0.2, 0.25) is 5.02 Å². The van der Waals surface area contributed by atoms with Crippen molar-refractivity contribution in [3.8, 4) is 0 Å². The third kappa shape index (κ3) is 2.94. The molecule has 1 aliphatic rings. The first-order chi connectivity index (χ1) is 12.0. The Hall–Kier alpha value is -1.89. The summed E-state index contributed by atoms with van der Waals surface area (Å²) in [5.74, 6) is 0. The van der Waals surface area contributed by atoms with E-state index in [1.54, 1.807) is 6.20 Å². The quantitative estimate of drug-likeness (QED) is 0.684. The van der Waals surface area contributed by atoms with Crippen LogP contribution in [0.1, 0.15) is 30.0 Å². The number of rotatable bonds is 3. The van der Waals surface area contributed by atoms with Crippen LogP contribution >= 0.6 is 23.8 Å². The summed E-state index contributed by atoms with van der Waals surface area (Å²) in [4.78, 5) is 20.0. The van der Waals surface area contributed by atoms with E-state index in [1.165, 1.54) is 12.0 Å². The van der Waals surface area contributed by atoms with Gasteiger partial charge in [0.2, 0.25) is 0 Å². The van der Waals surface area contributed by atoms with E-state index in [9.17, 15) is 4.79 Å². The van der Waals surface area contributed by atoms with Crippen LogP contribution in [-0.4, -0.2) is 33.0 Å². The zero-order chi connectivity index (χ0) is 17.6. The Balaban J connectivity index is 1.76. The number of fused-ring (bicyclic) bond motifs is 1. The summed E-state index contributed by atoms with van der Waals surface area (Å²) in [7, 11) is 2.14. The van der Waals surface area contributed by atoms with Crippen LogP contribution in [0.5, 0.6) is 0 Å². The first-order valence-corrected chi connectivity index (χ1v) is 9.12. The number of aromatic nitrogens is 3. The van der Waals surface area contributed by atoms with E-state index in [4.69, 9.17) is 23.8 Å². The molecule has 25 heavy (non-hydrogen) atoms. The van der Waals surface area contributed by atoms with Crippen molar-refractivity contribution in [2.45, 2.75) is 25.4 Å². The molecule has 0 bridgehead atoms. The maximum Gasteiger partial charge on any atom is 0.276 e. The molecule has 0 radical (unpaired) electrons. The highest BCUT2D eigenvalue weighted by atomic mass is 35.5. The number of nitrogens with zero attached hydrogens (tertiary/aromatic N) is 2. The van der Waals surface area contributed by atoms with Gasteiger partial charge in [-0.3, -0.25) is 14.7 Å². The van der Waals surface area contributed by atoms with E-state index in [0.717, 1.165) is 29.1 Å². The molecule has 1 atom stereocenters. The minimum absolute atomic E-state index is 0.189. The molecule has 0 spiro atoms. The molecule has 1 aromatic carbocycles. The zero-order valence-electron chi connectivity index (χ0n) is 13.9. The van der Waals surface area contributed by atoms with Crippen LogP contribution < -0.4 is 5.56 Å². The van der Waals surface area contributed by atoms with Crippen molar-refractivity contribution in [1.82, 2.24) is 19.4 Å². The van der Waals surface area contributed by atoms with Gasteiger partial charge in [0, 0.05) is 17.3 Å². The number of hydrogen-bond donors (Lipinski definition) is 2. The second-order valence-corrected chi connectivity index (χ2v) is 7.37. The number of nitrogens with one attached hydrogen (secondary N) is 2. The molecular formula is C18H19ClN4OS. The largest absolute Gasteiger partial charge is 0.355 e. The third-order valence-corrected chi connectivity index (χ3v) is 5.66. The smallest absolute Gasteiger partial charge is 0.276 e. The second kappa shape index (κ2) is 6.44. The molecule has 5 nitrogen and oxygen atoms in total. The first kappa shape index (κ1) is 16.6. The van der Waals surface area contributed by atoms with Crippen LogP contribution in [0.4, 0.5) is 0 Å². The zero-order valence-corrected chi connectivity index (χ0v) is 15.5. The van der Waals surface area contributed by atoms with Gasteiger partial charge in [0.15, 0.2) is 4.77 Å². The lowest BCUT2D eigenvalue weighted by atomic mass is 10.0. The molecule has 0 saturated carbocycles. The number of aromatic amines is 2. The average molecular weight is 375 g/mol. The van der Waals surface area contributed by atoms with E-state index in [1.807, 2.05) is 22.8 Å². The van der Waals surface area contributed by atoms with Crippen molar-refractivity contribution >= 4 is 34.9 Å². The van der Waals surface area contributed by atoms with Gasteiger partial charge in [0.05, 0.1) is 12.1 Å². The SMILES string of the molecule is CN1CCCC1c1cc(Cn2c(=S)[nH]c(=O)c3[nH]ccc32)ccc1Cl. The van der Waals surface area contributed by atoms with Gasteiger partial charge in [0.1, 0.15) is 5.52 Å². The maximum absolute atomic E-state index is 12.0. The summed E-state index contributed by atoms with van der Waals surface area (Å²) in [6.45, 7) is 1.69. The number of benzene rings is 1. The number of hydrogen-bond acceptors (Lipinski definition) is 3. The van der Waals surface area contributed by atoms with Crippen LogP contribution in [0.15, 0.2) is 35.3 Å². The fourth-order valence-electron chi connectivity index (χ4n) is 3.69. The second-order valence-electron chi connectivity index (χ2n) is 6.58. The molecule has 3 aromatic rings. The lowest BCUT2D eigenvalue weighted by molar-refractivity contribution is 0.317. The summed E-state index contributed by atoms with van der Waals surface area (Å²) in [5, 5.41) is 0.805. The van der Waals surface area contributed by atoms with Crippen LogP contribution in [0.25, 0.3) is 11.0 Å². The van der Waals surface area contributed by atoms with Gasteiger partial charge in [0.25, 0.3) is 5.56 Å².